The zero-order chi connectivity index (χ0) is 26.2. The molecule has 0 saturated carbocycles. The molecule has 0 N–H and O–H groups in total. The minimum absolute atomic E-state index is 0.0486. The number of aryl methyl sites for hydroxylation is 1. The number of nitrogens with zero attached hydrogens (tertiary/aromatic N) is 3. The van der Waals surface area contributed by atoms with Gasteiger partial charge < -0.3 is 4.74 Å². The lowest BCUT2D eigenvalue weighted by atomic mass is 9.95. The highest BCUT2D eigenvalue weighted by atomic mass is 16.5. The van der Waals surface area contributed by atoms with Crippen molar-refractivity contribution in [2.45, 2.75) is 45.7 Å². The fourth-order valence-corrected chi connectivity index (χ4v) is 5.04. The van der Waals surface area contributed by atoms with E-state index in [0.717, 1.165) is 59.2 Å². The molecule has 1 aliphatic heterocycles. The van der Waals surface area contributed by atoms with Gasteiger partial charge in [-0.3, -0.25) is 9.69 Å². The number of piperidine rings is 1. The summed E-state index contributed by atoms with van der Waals surface area (Å²) < 4.78 is 5.83. The van der Waals surface area contributed by atoms with Gasteiger partial charge in [0.15, 0.2) is 6.61 Å². The third-order valence-corrected chi connectivity index (χ3v) is 6.93. The topological polar surface area (TPSA) is 77.1 Å². The van der Waals surface area contributed by atoms with Gasteiger partial charge in [-0.15, -0.1) is 0 Å². The van der Waals surface area contributed by atoms with E-state index in [0.29, 0.717) is 17.9 Å². The van der Waals surface area contributed by atoms with Crippen LogP contribution in [-0.4, -0.2) is 29.9 Å². The summed E-state index contributed by atoms with van der Waals surface area (Å²) in [6.07, 6.45) is 6.96. The highest BCUT2D eigenvalue weighted by molar-refractivity contribution is 5.82. The Balaban J connectivity index is 1.66. The Morgan fingerprint density at radius 2 is 1.84 bits per heavy atom. The average Bonchev–Trinajstić information content (AvgIpc) is 2.92. The third-order valence-electron chi connectivity index (χ3n) is 6.93. The van der Waals surface area contributed by atoms with Gasteiger partial charge in [0.1, 0.15) is 23.7 Å². The standard InChI is InChI=1S/C32H31N3O2/c1-23-19-28(22-35-17-7-6-13-31(35)24(2)36)32(37-18-16-33)20-27(23)15-14-26-11-8-12-29(30(26)21-34)25-9-4-3-5-10-25/h3-5,8-12,14-15,19-20,31H,6-7,13,17-18,22H2,1-2H3/b15-14+/t31-/m0/s1. The van der Waals surface area contributed by atoms with Crippen molar-refractivity contribution in [3.63, 3.8) is 0 Å². The number of carbonyl (C=O) groups is 1. The van der Waals surface area contributed by atoms with Gasteiger partial charge in [-0.1, -0.05) is 73.2 Å². The monoisotopic (exact) mass is 489 g/mol. The second kappa shape index (κ2) is 12.2. The molecule has 186 valence electrons. The molecule has 0 radical (unpaired) electrons. The van der Waals surface area contributed by atoms with Crippen LogP contribution in [0.1, 0.15) is 54.0 Å². The highest BCUT2D eigenvalue weighted by Gasteiger charge is 2.27. The van der Waals surface area contributed by atoms with Crippen LogP contribution in [0.25, 0.3) is 23.3 Å². The van der Waals surface area contributed by atoms with E-state index in [9.17, 15) is 10.1 Å². The van der Waals surface area contributed by atoms with Crippen LogP contribution in [0.4, 0.5) is 0 Å². The van der Waals surface area contributed by atoms with Crippen molar-refractivity contribution in [2.75, 3.05) is 13.2 Å². The quantitative estimate of drug-likeness (QED) is 0.335. The van der Waals surface area contributed by atoms with Gasteiger partial charge in [0.2, 0.25) is 0 Å². The number of nitriles is 2. The molecule has 5 heteroatoms. The summed E-state index contributed by atoms with van der Waals surface area (Å²) in [6.45, 7) is 5.14. The molecule has 0 unspecified atom stereocenters. The van der Waals surface area contributed by atoms with Crippen LogP contribution >= 0.6 is 0 Å². The minimum atomic E-state index is -0.0706. The number of likely N-dealkylation sites (tertiary alicyclic amines) is 1. The van der Waals surface area contributed by atoms with Crippen molar-refractivity contribution in [2.24, 2.45) is 0 Å². The van der Waals surface area contributed by atoms with Crippen LogP contribution in [-0.2, 0) is 11.3 Å². The van der Waals surface area contributed by atoms with E-state index < -0.39 is 0 Å². The lowest BCUT2D eigenvalue weighted by molar-refractivity contribution is -0.123. The number of rotatable bonds is 8. The van der Waals surface area contributed by atoms with Crippen LogP contribution in [0.5, 0.6) is 5.75 Å². The summed E-state index contributed by atoms with van der Waals surface area (Å²) in [6, 6.07) is 24.2. The first-order chi connectivity index (χ1) is 18.0. The number of ketones is 1. The summed E-state index contributed by atoms with van der Waals surface area (Å²) in [7, 11) is 0. The van der Waals surface area contributed by atoms with Gasteiger partial charge in [-0.25, -0.2) is 0 Å². The van der Waals surface area contributed by atoms with Gasteiger partial charge in [0, 0.05) is 17.7 Å². The Kier molecular flexibility index (Phi) is 8.52. The number of Topliss-reactive ketones (excluding diaryl/α,β-unsaturated/α-hetero) is 1. The van der Waals surface area contributed by atoms with E-state index in [1.165, 1.54) is 0 Å². The third kappa shape index (κ3) is 6.15. The summed E-state index contributed by atoms with van der Waals surface area (Å²) in [4.78, 5) is 14.4. The average molecular weight is 490 g/mol. The SMILES string of the molecule is CC(=O)[C@@H]1CCCCN1Cc1cc(C)c(/C=C/c2cccc(-c3ccccc3)c2C#N)cc1OCC#N. The lowest BCUT2D eigenvalue weighted by Crippen LogP contribution is -2.43. The number of hydrogen-bond donors (Lipinski definition) is 0. The molecule has 37 heavy (non-hydrogen) atoms. The van der Waals surface area contributed by atoms with Crippen molar-refractivity contribution in [3.8, 4) is 29.0 Å². The van der Waals surface area contributed by atoms with Crippen molar-refractivity contribution in [3.05, 3.63) is 88.5 Å². The molecule has 1 heterocycles. The number of hydrogen-bond acceptors (Lipinski definition) is 5. The zero-order valence-corrected chi connectivity index (χ0v) is 21.4. The molecule has 0 aliphatic carbocycles. The van der Waals surface area contributed by atoms with E-state index in [1.54, 1.807) is 6.92 Å². The first-order valence-electron chi connectivity index (χ1n) is 12.7. The second-order valence-electron chi connectivity index (χ2n) is 9.44. The Bertz CT molecular complexity index is 1380. The molecule has 1 aliphatic rings. The Hall–Kier alpha value is -4.19. The van der Waals surface area contributed by atoms with Gasteiger partial charge in [0.05, 0.1) is 11.6 Å². The summed E-state index contributed by atoms with van der Waals surface area (Å²) >= 11 is 0. The molecule has 4 rings (SSSR count). The predicted octanol–water partition coefficient (Wildman–Crippen LogP) is 6.55. The smallest absolute Gasteiger partial charge is 0.174 e. The summed E-state index contributed by atoms with van der Waals surface area (Å²) in [5.74, 6) is 0.847. The van der Waals surface area contributed by atoms with Crippen molar-refractivity contribution >= 4 is 17.9 Å². The molecule has 1 saturated heterocycles. The van der Waals surface area contributed by atoms with Gasteiger partial charge in [0.25, 0.3) is 0 Å². The van der Waals surface area contributed by atoms with Gasteiger partial charge in [-0.05, 0) is 61.6 Å². The molecular formula is C32H31N3O2. The Morgan fingerprint density at radius 3 is 2.57 bits per heavy atom. The van der Waals surface area contributed by atoms with Crippen LogP contribution < -0.4 is 4.74 Å². The Morgan fingerprint density at radius 1 is 1.05 bits per heavy atom. The van der Waals surface area contributed by atoms with Crippen LogP contribution in [0.15, 0.2) is 60.7 Å². The molecular weight excluding hydrogens is 458 g/mol. The molecule has 3 aromatic rings. The van der Waals surface area contributed by atoms with E-state index in [4.69, 9.17) is 10.00 Å². The molecule has 0 spiro atoms. The predicted molar refractivity (Wildman–Crippen MR) is 147 cm³/mol. The van der Waals surface area contributed by atoms with E-state index in [1.807, 2.05) is 73.7 Å². The van der Waals surface area contributed by atoms with E-state index in [2.05, 4.69) is 23.1 Å². The fraction of sp³-hybridized carbons (Fsp3) is 0.281. The largest absolute Gasteiger partial charge is 0.478 e. The molecule has 0 amide bonds. The first kappa shape index (κ1) is 25.9. The minimum Gasteiger partial charge on any atom is -0.478 e. The molecule has 0 aromatic heterocycles. The maximum absolute atomic E-state index is 12.2. The van der Waals surface area contributed by atoms with E-state index in [-0.39, 0.29) is 18.4 Å². The number of benzene rings is 3. The zero-order valence-electron chi connectivity index (χ0n) is 21.4. The normalized spacial score (nSPS) is 15.7. The molecule has 1 fully saturated rings. The highest BCUT2D eigenvalue weighted by Crippen LogP contribution is 2.31. The molecule has 5 nitrogen and oxygen atoms in total. The maximum Gasteiger partial charge on any atom is 0.174 e. The number of ether oxygens (including phenoxy) is 1. The van der Waals surface area contributed by atoms with E-state index >= 15 is 0 Å². The van der Waals surface area contributed by atoms with Crippen LogP contribution in [0.2, 0.25) is 0 Å². The molecule has 3 aromatic carbocycles. The summed E-state index contributed by atoms with van der Waals surface area (Å²) in [5, 5.41) is 19.1. The first-order valence-corrected chi connectivity index (χ1v) is 12.7. The van der Waals surface area contributed by atoms with Crippen molar-refractivity contribution in [1.82, 2.24) is 4.90 Å². The van der Waals surface area contributed by atoms with Crippen molar-refractivity contribution in [1.29, 1.82) is 10.5 Å². The molecule has 1 atom stereocenters. The fourth-order valence-electron chi connectivity index (χ4n) is 5.04. The van der Waals surface area contributed by atoms with Gasteiger partial charge in [-0.2, -0.15) is 10.5 Å². The summed E-state index contributed by atoms with van der Waals surface area (Å²) in [5.41, 5.74) is 6.35. The van der Waals surface area contributed by atoms with Crippen LogP contribution in [0.3, 0.4) is 0 Å². The van der Waals surface area contributed by atoms with Gasteiger partial charge >= 0.3 is 0 Å². The van der Waals surface area contributed by atoms with Crippen LogP contribution in [0, 0.1) is 29.6 Å². The second-order valence-corrected chi connectivity index (χ2v) is 9.44. The lowest BCUT2D eigenvalue weighted by Gasteiger charge is -2.34. The maximum atomic E-state index is 12.2. The molecule has 0 bridgehead atoms. The Labute approximate surface area is 219 Å². The number of carbonyl (C=O) groups excluding carboxylic acids is 1. The van der Waals surface area contributed by atoms with Crippen molar-refractivity contribution < 1.29 is 9.53 Å².